The Bertz CT molecular complexity index is 907. The fourth-order valence-corrected chi connectivity index (χ4v) is 4.26. The number of aliphatic imine (C=N–C) groups is 1. The van der Waals surface area contributed by atoms with Gasteiger partial charge >= 0.3 is 16.4 Å². The second-order valence-electron chi connectivity index (χ2n) is 5.88. The van der Waals surface area contributed by atoms with Gasteiger partial charge in [-0.1, -0.05) is 12.2 Å². The smallest absolute Gasteiger partial charge is 0.397 e. The lowest BCUT2D eigenvalue weighted by Crippen LogP contribution is -2.64. The molecule has 2 fully saturated rings. The van der Waals surface area contributed by atoms with Gasteiger partial charge in [0, 0.05) is 11.8 Å². The average Bonchev–Trinajstić information content (AvgIpc) is 2.75. The van der Waals surface area contributed by atoms with Crippen LogP contribution in [0.25, 0.3) is 0 Å². The number of rotatable bonds is 4. The first-order valence-corrected chi connectivity index (χ1v) is 9.06. The van der Waals surface area contributed by atoms with E-state index >= 15 is 0 Å². The van der Waals surface area contributed by atoms with Crippen molar-refractivity contribution in [2.24, 2.45) is 22.6 Å². The summed E-state index contributed by atoms with van der Waals surface area (Å²) in [5, 5.41) is 12.4. The molecule has 0 saturated carbocycles. The summed E-state index contributed by atoms with van der Waals surface area (Å²) in [5.74, 6) is -4.07. The van der Waals surface area contributed by atoms with Crippen LogP contribution in [-0.4, -0.2) is 58.2 Å². The predicted molar refractivity (Wildman–Crippen MR) is 90.9 cm³/mol. The molecule has 0 spiro atoms. The van der Waals surface area contributed by atoms with Crippen molar-refractivity contribution >= 4 is 45.7 Å². The Hall–Kier alpha value is -2.35. The first kappa shape index (κ1) is 18.4. The summed E-state index contributed by atoms with van der Waals surface area (Å²) in [5.41, 5.74) is 5.99. The van der Waals surface area contributed by atoms with Crippen molar-refractivity contribution in [1.29, 1.82) is 0 Å². The van der Waals surface area contributed by atoms with Crippen LogP contribution in [0.5, 0.6) is 0 Å². The molecule has 0 radical (unpaired) electrons. The molecule has 0 aromatic heterocycles. The van der Waals surface area contributed by atoms with Crippen molar-refractivity contribution in [3.8, 4) is 0 Å². The number of aliphatic carboxylic acids is 1. The maximum Gasteiger partial charge on any atom is 0.397 e. The molecule has 3 heterocycles. The topological polar surface area (TPSA) is 172 Å². The molecule has 0 aromatic rings. The van der Waals surface area contributed by atoms with Gasteiger partial charge in [0.2, 0.25) is 5.91 Å². The third-order valence-corrected chi connectivity index (χ3v) is 5.27. The van der Waals surface area contributed by atoms with Gasteiger partial charge in [-0.3, -0.25) is 19.0 Å². The molecule has 3 rings (SSSR count). The van der Waals surface area contributed by atoms with Crippen LogP contribution >= 0.6 is 12.2 Å². The van der Waals surface area contributed by atoms with E-state index in [1.807, 2.05) is 0 Å². The molecule has 1 unspecified atom stereocenters. The minimum absolute atomic E-state index is 0.0174. The Morgan fingerprint density at radius 1 is 1.54 bits per heavy atom. The van der Waals surface area contributed by atoms with Crippen LogP contribution in [-0.2, 0) is 24.2 Å². The molecular formula is C13H14N4O7S2. The molecule has 0 aromatic carbocycles. The highest BCUT2D eigenvalue weighted by molar-refractivity contribution is 7.81. The molecular weight excluding hydrogens is 388 g/mol. The Morgan fingerprint density at radius 2 is 2.19 bits per heavy atom. The van der Waals surface area contributed by atoms with Gasteiger partial charge in [-0.25, -0.2) is 9.18 Å². The number of hydrogen-bond donors (Lipinski definition) is 4. The van der Waals surface area contributed by atoms with E-state index in [4.69, 9.17) is 22.5 Å². The van der Waals surface area contributed by atoms with Gasteiger partial charge in [0.05, 0.1) is 30.0 Å². The molecule has 11 nitrogen and oxygen atoms in total. The quantitative estimate of drug-likeness (QED) is 0.193. The van der Waals surface area contributed by atoms with E-state index in [-0.39, 0.29) is 16.4 Å². The van der Waals surface area contributed by atoms with E-state index in [2.05, 4.69) is 14.5 Å². The standard InChI is InChI=1S/C13H14N4O7S2/c1-4(24-26(21,22)23)6-9-7(13(19)20)8(12(25)17(9)11(6)18)10-15-2-5(14)3-16-10/h2-4,6-7,9,15H,14H2,1H3,(H,19,20)(H,21,22,23)/t4-,6-,7?,9+/m0/s1. The van der Waals surface area contributed by atoms with E-state index in [1.54, 1.807) is 0 Å². The fourth-order valence-electron chi connectivity index (χ4n) is 3.32. The van der Waals surface area contributed by atoms with Crippen LogP contribution in [0.2, 0.25) is 0 Å². The number of thiocarbonyl (C=S) groups is 1. The molecule has 0 bridgehead atoms. The largest absolute Gasteiger partial charge is 0.481 e. The van der Waals surface area contributed by atoms with Crippen molar-refractivity contribution in [2.45, 2.75) is 19.1 Å². The predicted octanol–water partition coefficient (Wildman–Crippen LogP) is -1.25. The molecule has 5 N–H and O–H groups in total. The van der Waals surface area contributed by atoms with Crippen molar-refractivity contribution in [3.05, 3.63) is 23.3 Å². The fraction of sp³-hybridized carbons (Fsp3) is 0.385. The second kappa shape index (κ2) is 6.12. The lowest BCUT2D eigenvalue weighted by Gasteiger charge is -2.45. The van der Waals surface area contributed by atoms with E-state index in [9.17, 15) is 23.1 Å². The zero-order chi connectivity index (χ0) is 19.4. The van der Waals surface area contributed by atoms with Crippen LogP contribution in [0, 0.1) is 11.8 Å². The second-order valence-corrected chi connectivity index (χ2v) is 7.32. The highest BCUT2D eigenvalue weighted by atomic mass is 32.3. The first-order chi connectivity index (χ1) is 12.0. The molecule has 26 heavy (non-hydrogen) atoms. The number of carbonyl (C=O) groups excluding carboxylic acids is 1. The first-order valence-electron chi connectivity index (χ1n) is 7.29. The zero-order valence-corrected chi connectivity index (χ0v) is 14.8. The number of nitrogens with two attached hydrogens (primary N) is 1. The maximum atomic E-state index is 12.4. The molecule has 3 aliphatic rings. The molecule has 4 atom stereocenters. The number of allylic oxidation sites excluding steroid dienone is 1. The van der Waals surface area contributed by atoms with Gasteiger partial charge in [0.25, 0.3) is 0 Å². The summed E-state index contributed by atoms with van der Waals surface area (Å²) < 4.78 is 35.1. The lowest BCUT2D eigenvalue weighted by atomic mass is 9.78. The van der Waals surface area contributed by atoms with Crippen LogP contribution in [0.15, 0.2) is 28.3 Å². The minimum atomic E-state index is -4.81. The van der Waals surface area contributed by atoms with Gasteiger partial charge in [0.15, 0.2) is 0 Å². The van der Waals surface area contributed by atoms with Crippen LogP contribution in [0.4, 0.5) is 0 Å². The molecule has 0 aliphatic carbocycles. The highest BCUT2D eigenvalue weighted by Crippen LogP contribution is 2.47. The molecule has 2 saturated heterocycles. The lowest BCUT2D eigenvalue weighted by molar-refractivity contribution is -0.159. The summed E-state index contributed by atoms with van der Waals surface area (Å²) in [7, 11) is -4.81. The Balaban J connectivity index is 2.00. The Labute approximate surface area is 153 Å². The SMILES string of the molecule is C[C@H](OS(=O)(=O)O)[C@@H]1C(=O)N2C(=S)C(=C3N=CC(N)=CN3)C(C(=O)O)[C@@H]12. The van der Waals surface area contributed by atoms with Gasteiger partial charge in [-0.15, -0.1) is 0 Å². The van der Waals surface area contributed by atoms with Gasteiger partial charge in [-0.2, -0.15) is 8.42 Å². The summed E-state index contributed by atoms with van der Waals surface area (Å²) in [6.07, 6.45) is 1.43. The molecule has 3 aliphatic heterocycles. The molecule has 1 amide bonds. The number of fused-ring (bicyclic) bond motifs is 1. The van der Waals surface area contributed by atoms with Crippen LogP contribution < -0.4 is 11.1 Å². The van der Waals surface area contributed by atoms with Crippen molar-refractivity contribution < 1.29 is 31.8 Å². The number of nitrogens with zero attached hydrogens (tertiary/aromatic N) is 2. The highest BCUT2D eigenvalue weighted by Gasteiger charge is 2.64. The molecule has 13 heteroatoms. The number of amides is 1. The van der Waals surface area contributed by atoms with Gasteiger partial charge in [0.1, 0.15) is 16.7 Å². The number of carboxylic acid groups (broad SMARTS) is 1. The van der Waals surface area contributed by atoms with E-state index in [0.717, 1.165) is 4.90 Å². The van der Waals surface area contributed by atoms with Crippen molar-refractivity contribution in [3.63, 3.8) is 0 Å². The van der Waals surface area contributed by atoms with Gasteiger partial charge in [-0.05, 0) is 6.92 Å². The van der Waals surface area contributed by atoms with E-state index in [0.29, 0.717) is 5.70 Å². The van der Waals surface area contributed by atoms with Gasteiger partial charge < -0.3 is 16.2 Å². The van der Waals surface area contributed by atoms with E-state index < -0.39 is 46.3 Å². The Kier molecular flexibility index (Phi) is 4.34. The maximum absolute atomic E-state index is 12.4. The number of hydrogen-bond acceptors (Lipinski definition) is 9. The summed E-state index contributed by atoms with van der Waals surface area (Å²) in [4.78, 5) is 29.4. The van der Waals surface area contributed by atoms with Crippen LogP contribution in [0.3, 0.4) is 0 Å². The van der Waals surface area contributed by atoms with Crippen molar-refractivity contribution in [1.82, 2.24) is 10.2 Å². The number of nitrogens with one attached hydrogen (secondary N) is 1. The summed E-state index contributed by atoms with van der Waals surface area (Å²) in [6.45, 7) is 1.25. The van der Waals surface area contributed by atoms with E-state index in [1.165, 1.54) is 19.3 Å². The van der Waals surface area contributed by atoms with Crippen molar-refractivity contribution in [2.75, 3.05) is 0 Å². The number of carboxylic acids is 1. The average molecular weight is 402 g/mol. The molecule has 140 valence electrons. The Morgan fingerprint density at radius 3 is 2.69 bits per heavy atom. The van der Waals surface area contributed by atoms with Crippen LogP contribution in [0.1, 0.15) is 6.92 Å². The zero-order valence-electron chi connectivity index (χ0n) is 13.2. The summed E-state index contributed by atoms with van der Waals surface area (Å²) in [6, 6.07) is -0.952. The number of carbonyl (C=O) groups is 2. The number of β-lactam (4-membered cyclic amide) rings is 1. The minimum Gasteiger partial charge on any atom is -0.481 e. The third-order valence-electron chi connectivity index (χ3n) is 4.31. The monoisotopic (exact) mass is 402 g/mol. The normalized spacial score (nSPS) is 31.8. The summed E-state index contributed by atoms with van der Waals surface area (Å²) >= 11 is 5.23. The third kappa shape index (κ3) is 2.88.